The van der Waals surface area contributed by atoms with Crippen LogP contribution in [0.25, 0.3) is 16.8 Å². The fourth-order valence-electron chi connectivity index (χ4n) is 4.88. The molecule has 0 radical (unpaired) electrons. The molecule has 2 aromatic carbocycles. The molecule has 0 saturated heterocycles. The Morgan fingerprint density at radius 1 is 0.966 bits per heavy atom. The van der Waals surface area contributed by atoms with Crippen molar-refractivity contribution in [2.24, 2.45) is 4.99 Å². The Bertz CT molecular complexity index is 1180. The van der Waals surface area contributed by atoms with Gasteiger partial charge in [-0.3, -0.25) is 4.99 Å². The minimum Gasteiger partial charge on any atom is -1.00 e. The zero-order valence-corrected chi connectivity index (χ0v) is 21.9. The van der Waals surface area contributed by atoms with E-state index in [-0.39, 0.29) is 24.8 Å². The van der Waals surface area contributed by atoms with Crippen molar-refractivity contribution in [2.75, 3.05) is 0 Å². The van der Waals surface area contributed by atoms with Gasteiger partial charge in [-0.05, 0) is 23.4 Å². The summed E-state index contributed by atoms with van der Waals surface area (Å²) in [4.78, 5) is 4.56. The zero-order chi connectivity index (χ0) is 18.9. The summed E-state index contributed by atoms with van der Waals surface area (Å²) in [5.74, 6) is 0. The minimum absolute atomic E-state index is 0. The first-order chi connectivity index (χ1) is 12.9. The SMILES string of the molecule is CC1=Cc2c(ccc3ccccc23)[CH]1[Zr+2].CC1=NC2=CC=C3C2=C1[Si]3(C)C.[Cl-].[Cl-]. The van der Waals surface area contributed by atoms with Crippen molar-refractivity contribution < 1.29 is 49.5 Å². The largest absolute Gasteiger partial charge is 1.00 e. The summed E-state index contributed by atoms with van der Waals surface area (Å²) >= 11 is 1.60. The second-order valence-corrected chi connectivity index (χ2v) is 14.0. The molecule has 0 amide bonds. The number of benzene rings is 2. The number of aliphatic imine (C=N–C) groups is 1. The maximum Gasteiger partial charge on any atom is 0.116 e. The average molecular weight is 515 g/mol. The summed E-state index contributed by atoms with van der Waals surface area (Å²) in [6.07, 6.45) is 6.80. The molecule has 2 aliphatic heterocycles. The predicted molar refractivity (Wildman–Crippen MR) is 114 cm³/mol. The van der Waals surface area contributed by atoms with Crippen LogP contribution in [-0.4, -0.2) is 13.8 Å². The van der Waals surface area contributed by atoms with Crippen LogP contribution >= 0.6 is 0 Å². The predicted octanol–water partition coefficient (Wildman–Crippen LogP) is 0.234. The molecule has 2 aromatic rings. The van der Waals surface area contributed by atoms with Gasteiger partial charge in [0.25, 0.3) is 0 Å². The molecule has 29 heavy (non-hydrogen) atoms. The van der Waals surface area contributed by atoms with E-state index in [1.54, 1.807) is 35.1 Å². The molecule has 0 saturated carbocycles. The molecule has 6 rings (SSSR count). The Morgan fingerprint density at radius 3 is 2.45 bits per heavy atom. The van der Waals surface area contributed by atoms with E-state index in [9.17, 15) is 0 Å². The van der Waals surface area contributed by atoms with Gasteiger partial charge >= 0.3 is 105 Å². The third-order valence-corrected chi connectivity index (χ3v) is 11.8. The topological polar surface area (TPSA) is 12.4 Å². The minimum atomic E-state index is -1.17. The smallest absolute Gasteiger partial charge is 0.116 e. The number of halogens is 2. The second kappa shape index (κ2) is 7.93. The maximum absolute atomic E-state index is 4.56. The molecule has 0 fully saturated rings. The maximum atomic E-state index is 4.56. The van der Waals surface area contributed by atoms with E-state index < -0.39 is 8.07 Å². The summed E-state index contributed by atoms with van der Waals surface area (Å²) < 4.78 is 0.678. The number of fused-ring (bicyclic) bond motifs is 3. The van der Waals surface area contributed by atoms with Crippen molar-refractivity contribution in [1.82, 2.24) is 0 Å². The van der Waals surface area contributed by atoms with Crippen LogP contribution in [0.5, 0.6) is 0 Å². The van der Waals surface area contributed by atoms with Crippen molar-refractivity contribution in [3.63, 3.8) is 0 Å². The monoisotopic (exact) mass is 512 g/mol. The molecular formula is C24H22Cl2NSiZr. The summed E-state index contributed by atoms with van der Waals surface area (Å²) in [6.45, 7) is 9.22. The number of hydrogen-bond acceptors (Lipinski definition) is 1. The van der Waals surface area contributed by atoms with E-state index in [1.807, 2.05) is 0 Å². The van der Waals surface area contributed by atoms with Crippen LogP contribution in [0.4, 0.5) is 0 Å². The number of rotatable bonds is 0. The van der Waals surface area contributed by atoms with Crippen LogP contribution in [0.3, 0.4) is 0 Å². The van der Waals surface area contributed by atoms with E-state index in [0.29, 0.717) is 3.63 Å². The Morgan fingerprint density at radius 2 is 1.69 bits per heavy atom. The van der Waals surface area contributed by atoms with Crippen molar-refractivity contribution >= 4 is 30.6 Å². The number of allylic oxidation sites excluding steroid dienone is 5. The average Bonchev–Trinajstić information content (AvgIpc) is 3.25. The van der Waals surface area contributed by atoms with Crippen LogP contribution < -0.4 is 24.8 Å². The third-order valence-electron chi connectivity index (χ3n) is 6.27. The van der Waals surface area contributed by atoms with Crippen LogP contribution in [0.15, 0.2) is 80.8 Å². The quantitative estimate of drug-likeness (QED) is 0.447. The molecule has 2 aliphatic carbocycles. The van der Waals surface area contributed by atoms with Crippen molar-refractivity contribution in [2.45, 2.75) is 30.6 Å². The van der Waals surface area contributed by atoms with Gasteiger partial charge in [-0.2, -0.15) is 0 Å². The fourth-order valence-corrected chi connectivity index (χ4v) is 9.01. The molecule has 2 heterocycles. The van der Waals surface area contributed by atoms with Crippen molar-refractivity contribution in [3.05, 3.63) is 86.9 Å². The van der Waals surface area contributed by atoms with Gasteiger partial charge in [-0.15, -0.1) is 0 Å². The molecule has 145 valence electrons. The molecule has 5 heteroatoms. The van der Waals surface area contributed by atoms with Crippen LogP contribution in [0.2, 0.25) is 13.1 Å². The fraction of sp³-hybridized carbons (Fsp3) is 0.208. The van der Waals surface area contributed by atoms with E-state index in [4.69, 9.17) is 0 Å². The molecule has 1 nitrogen and oxygen atoms in total. The van der Waals surface area contributed by atoms with Gasteiger partial charge in [-0.25, -0.2) is 0 Å². The Balaban J connectivity index is 0.000000158. The van der Waals surface area contributed by atoms with Gasteiger partial charge in [0.1, 0.15) is 8.07 Å². The van der Waals surface area contributed by atoms with Gasteiger partial charge in [0.2, 0.25) is 0 Å². The second-order valence-electron chi connectivity index (χ2n) is 8.32. The standard InChI is InChI=1S/C14H11.C10H11NSi.2ClH.Zr/c1-10-8-12-7-6-11-4-2-3-5-13(11)14(12)9-10;1-6-10-9-7(11-6)4-5-8(9)12(10,2)3;;;/h2-9H,1H3;4-5H,1-3H3;2*1H;/q;;;;+2/p-2. The summed E-state index contributed by atoms with van der Waals surface area (Å²) in [5, 5.41) is 5.98. The van der Waals surface area contributed by atoms with Crippen LogP contribution in [0, 0.1) is 0 Å². The number of hydrogen-bond donors (Lipinski definition) is 0. The first-order valence-electron chi connectivity index (χ1n) is 9.54. The molecule has 0 bridgehead atoms. The Kier molecular flexibility index (Phi) is 6.20. The van der Waals surface area contributed by atoms with Crippen LogP contribution in [-0.2, 0) is 24.7 Å². The summed E-state index contributed by atoms with van der Waals surface area (Å²) in [6, 6.07) is 13.2. The van der Waals surface area contributed by atoms with Crippen molar-refractivity contribution in [1.29, 1.82) is 0 Å². The first kappa shape index (κ1) is 22.7. The van der Waals surface area contributed by atoms with Crippen molar-refractivity contribution in [3.8, 4) is 0 Å². The molecule has 4 aliphatic rings. The van der Waals surface area contributed by atoms with Gasteiger partial charge in [-0.1, -0.05) is 19.2 Å². The summed E-state index contributed by atoms with van der Waals surface area (Å²) in [7, 11) is -1.17. The summed E-state index contributed by atoms with van der Waals surface area (Å²) in [5.41, 5.74) is 8.48. The molecule has 1 atom stereocenters. The van der Waals surface area contributed by atoms with Gasteiger partial charge < -0.3 is 24.8 Å². The molecule has 0 spiro atoms. The number of nitrogens with zero attached hydrogens (tertiary/aromatic N) is 1. The Labute approximate surface area is 201 Å². The molecule has 1 unspecified atom stereocenters. The normalized spacial score (nSPS) is 21.4. The third kappa shape index (κ3) is 3.26. The van der Waals surface area contributed by atoms with E-state index in [2.05, 4.69) is 86.6 Å². The molecule has 0 aromatic heterocycles. The zero-order valence-electron chi connectivity index (χ0n) is 17.0. The van der Waals surface area contributed by atoms with Gasteiger partial charge in [0.05, 0.1) is 5.70 Å². The van der Waals surface area contributed by atoms with Gasteiger partial charge in [0.15, 0.2) is 0 Å². The Hall–Kier alpha value is -0.990. The van der Waals surface area contributed by atoms with E-state index in [0.717, 1.165) is 0 Å². The van der Waals surface area contributed by atoms with Crippen LogP contribution in [0.1, 0.15) is 28.6 Å². The van der Waals surface area contributed by atoms with E-state index >= 15 is 0 Å². The van der Waals surface area contributed by atoms with Gasteiger partial charge in [0, 0.05) is 11.3 Å². The van der Waals surface area contributed by atoms with E-state index in [1.165, 1.54) is 44.5 Å². The molecule has 0 N–H and O–H groups in total. The first-order valence-corrected chi connectivity index (χ1v) is 14.0. The molecular weight excluding hydrogens is 492 g/mol.